The van der Waals surface area contributed by atoms with Crippen molar-refractivity contribution in [1.82, 2.24) is 0 Å². The van der Waals surface area contributed by atoms with E-state index in [-0.39, 0.29) is 22.7 Å². The largest absolute Gasteiger partial charge is 0.283 e. The molecule has 0 saturated carbocycles. The van der Waals surface area contributed by atoms with E-state index in [2.05, 4.69) is 4.72 Å². The maximum atomic E-state index is 13.4. The van der Waals surface area contributed by atoms with E-state index in [1.54, 1.807) is 0 Å². The number of halogens is 1. The van der Waals surface area contributed by atoms with Gasteiger partial charge in [0.15, 0.2) is 0 Å². The molecule has 0 atom stereocenters. The van der Waals surface area contributed by atoms with Gasteiger partial charge in [0.25, 0.3) is 5.69 Å². The SMILES string of the molecule is Cc1c(F)cccc1NS(=O)(=O)Cc1ccc([N+](=O)[O-])cc1. The molecule has 0 bridgehead atoms. The Kier molecular flexibility index (Phi) is 4.41. The van der Waals surface area contributed by atoms with Crippen molar-refractivity contribution in [2.45, 2.75) is 12.7 Å². The van der Waals surface area contributed by atoms with Crippen molar-refractivity contribution in [3.8, 4) is 0 Å². The molecule has 0 spiro atoms. The van der Waals surface area contributed by atoms with Gasteiger partial charge in [-0.3, -0.25) is 14.8 Å². The van der Waals surface area contributed by atoms with Gasteiger partial charge in [0.1, 0.15) is 5.82 Å². The minimum Gasteiger partial charge on any atom is -0.283 e. The average molecular weight is 324 g/mol. The minimum atomic E-state index is -3.75. The number of non-ortho nitro benzene ring substituents is 1. The first-order chi connectivity index (χ1) is 10.3. The van der Waals surface area contributed by atoms with E-state index >= 15 is 0 Å². The van der Waals surface area contributed by atoms with Crippen molar-refractivity contribution in [3.05, 3.63) is 69.5 Å². The number of rotatable bonds is 5. The molecule has 2 rings (SSSR count). The van der Waals surface area contributed by atoms with Gasteiger partial charge in [-0.1, -0.05) is 18.2 Å². The molecule has 0 aliphatic heterocycles. The van der Waals surface area contributed by atoms with E-state index in [1.165, 1.54) is 49.4 Å². The second-order valence-electron chi connectivity index (χ2n) is 4.70. The number of sulfonamides is 1. The Morgan fingerprint density at radius 1 is 1.18 bits per heavy atom. The summed E-state index contributed by atoms with van der Waals surface area (Å²) in [7, 11) is -3.75. The van der Waals surface area contributed by atoms with Crippen molar-refractivity contribution in [3.63, 3.8) is 0 Å². The molecule has 6 nitrogen and oxygen atoms in total. The summed E-state index contributed by atoms with van der Waals surface area (Å²) in [4.78, 5) is 9.98. The molecule has 22 heavy (non-hydrogen) atoms. The van der Waals surface area contributed by atoms with Gasteiger partial charge in [-0.2, -0.15) is 0 Å². The van der Waals surface area contributed by atoms with Crippen molar-refractivity contribution in [1.29, 1.82) is 0 Å². The molecule has 0 amide bonds. The highest BCUT2D eigenvalue weighted by atomic mass is 32.2. The van der Waals surface area contributed by atoms with Gasteiger partial charge in [0.05, 0.1) is 16.4 Å². The Bertz CT molecular complexity index is 804. The van der Waals surface area contributed by atoms with Crippen LogP contribution in [0.25, 0.3) is 0 Å². The van der Waals surface area contributed by atoms with E-state index in [0.717, 1.165) is 0 Å². The molecule has 0 aliphatic carbocycles. The van der Waals surface area contributed by atoms with Crippen LogP contribution in [0.1, 0.15) is 11.1 Å². The zero-order chi connectivity index (χ0) is 16.3. The smallest absolute Gasteiger partial charge is 0.269 e. The first kappa shape index (κ1) is 15.9. The fraction of sp³-hybridized carbons (Fsp3) is 0.143. The summed E-state index contributed by atoms with van der Waals surface area (Å²) in [5.41, 5.74) is 0.652. The van der Waals surface area contributed by atoms with Gasteiger partial charge < -0.3 is 0 Å². The van der Waals surface area contributed by atoms with E-state index < -0.39 is 20.8 Å². The monoisotopic (exact) mass is 324 g/mol. The molecule has 8 heteroatoms. The van der Waals surface area contributed by atoms with Crippen LogP contribution < -0.4 is 4.72 Å². The number of nitrogens with one attached hydrogen (secondary N) is 1. The molecule has 0 unspecified atom stereocenters. The van der Waals surface area contributed by atoms with Crippen LogP contribution in [0.4, 0.5) is 15.8 Å². The van der Waals surface area contributed by atoms with Gasteiger partial charge in [-0.05, 0) is 24.6 Å². The predicted molar refractivity (Wildman–Crippen MR) is 80.5 cm³/mol. The normalized spacial score (nSPS) is 11.2. The van der Waals surface area contributed by atoms with E-state index in [1.807, 2.05) is 0 Å². The summed E-state index contributed by atoms with van der Waals surface area (Å²) in [5.74, 6) is -0.864. The number of hydrogen-bond acceptors (Lipinski definition) is 4. The van der Waals surface area contributed by atoms with Crippen molar-refractivity contribution in [2.75, 3.05) is 4.72 Å². The Morgan fingerprint density at radius 2 is 1.82 bits per heavy atom. The van der Waals surface area contributed by atoms with Crippen LogP contribution in [0.15, 0.2) is 42.5 Å². The van der Waals surface area contributed by atoms with Crippen LogP contribution in [0.2, 0.25) is 0 Å². The lowest BCUT2D eigenvalue weighted by Gasteiger charge is -2.11. The van der Waals surface area contributed by atoms with Gasteiger partial charge in [0.2, 0.25) is 10.0 Å². The molecule has 0 saturated heterocycles. The Morgan fingerprint density at radius 3 is 2.41 bits per heavy atom. The lowest BCUT2D eigenvalue weighted by Crippen LogP contribution is -2.16. The molecule has 0 aliphatic rings. The highest BCUT2D eigenvalue weighted by molar-refractivity contribution is 7.91. The molecular formula is C14H13FN2O4S. The summed E-state index contributed by atoms with van der Waals surface area (Å²) in [6, 6.07) is 9.32. The number of anilines is 1. The Labute approximate surface area is 126 Å². The van der Waals surface area contributed by atoms with E-state index in [4.69, 9.17) is 0 Å². The first-order valence-corrected chi connectivity index (χ1v) is 7.93. The molecule has 116 valence electrons. The van der Waals surface area contributed by atoms with Crippen LogP contribution in [-0.4, -0.2) is 13.3 Å². The molecule has 2 aromatic rings. The van der Waals surface area contributed by atoms with Crippen LogP contribution in [0.3, 0.4) is 0 Å². The molecule has 0 fully saturated rings. The molecule has 0 aromatic heterocycles. The van der Waals surface area contributed by atoms with Gasteiger partial charge in [0, 0.05) is 17.7 Å². The third kappa shape index (κ3) is 3.79. The lowest BCUT2D eigenvalue weighted by atomic mass is 10.2. The summed E-state index contributed by atoms with van der Waals surface area (Å²) < 4.78 is 39.9. The van der Waals surface area contributed by atoms with Crippen LogP contribution in [0.5, 0.6) is 0 Å². The zero-order valence-electron chi connectivity index (χ0n) is 11.6. The number of nitro groups is 1. The van der Waals surface area contributed by atoms with Gasteiger partial charge in [-0.25, -0.2) is 12.8 Å². The zero-order valence-corrected chi connectivity index (χ0v) is 12.4. The molecule has 2 aromatic carbocycles. The summed E-state index contributed by atoms with van der Waals surface area (Å²) in [6.45, 7) is 1.47. The van der Waals surface area contributed by atoms with Gasteiger partial charge >= 0.3 is 0 Å². The lowest BCUT2D eigenvalue weighted by molar-refractivity contribution is -0.384. The second-order valence-corrected chi connectivity index (χ2v) is 6.42. The van der Waals surface area contributed by atoms with E-state index in [0.29, 0.717) is 5.56 Å². The highest BCUT2D eigenvalue weighted by Gasteiger charge is 2.15. The summed E-state index contributed by atoms with van der Waals surface area (Å²) in [6.07, 6.45) is 0. The Balaban J connectivity index is 2.17. The highest BCUT2D eigenvalue weighted by Crippen LogP contribution is 2.20. The van der Waals surface area contributed by atoms with E-state index in [9.17, 15) is 22.9 Å². The molecule has 1 N–H and O–H groups in total. The van der Waals surface area contributed by atoms with Crippen LogP contribution >= 0.6 is 0 Å². The van der Waals surface area contributed by atoms with Crippen molar-refractivity contribution < 1.29 is 17.7 Å². The number of nitro benzene ring substituents is 1. The number of benzene rings is 2. The molecular weight excluding hydrogens is 311 g/mol. The topological polar surface area (TPSA) is 89.3 Å². The van der Waals surface area contributed by atoms with Crippen molar-refractivity contribution in [2.24, 2.45) is 0 Å². The summed E-state index contributed by atoms with van der Waals surface area (Å²) in [5, 5.41) is 10.5. The average Bonchev–Trinajstić information content (AvgIpc) is 2.44. The second kappa shape index (κ2) is 6.10. The summed E-state index contributed by atoms with van der Waals surface area (Å²) >= 11 is 0. The van der Waals surface area contributed by atoms with Gasteiger partial charge in [-0.15, -0.1) is 0 Å². The Hall–Kier alpha value is -2.48. The van der Waals surface area contributed by atoms with Crippen molar-refractivity contribution >= 4 is 21.4 Å². The number of nitrogens with zero attached hydrogens (tertiary/aromatic N) is 1. The maximum absolute atomic E-state index is 13.4. The third-order valence-electron chi connectivity index (χ3n) is 3.04. The third-order valence-corrected chi connectivity index (χ3v) is 4.28. The van der Waals surface area contributed by atoms with Crippen LogP contribution in [0, 0.1) is 22.9 Å². The first-order valence-electron chi connectivity index (χ1n) is 6.27. The molecule has 0 radical (unpaired) electrons. The minimum absolute atomic E-state index is 0.116. The predicted octanol–water partition coefficient (Wildman–Crippen LogP) is 2.98. The fourth-order valence-electron chi connectivity index (χ4n) is 1.85. The fourth-order valence-corrected chi connectivity index (χ4v) is 3.11. The maximum Gasteiger partial charge on any atom is 0.269 e. The number of hydrogen-bond donors (Lipinski definition) is 1. The molecule has 0 heterocycles. The standard InChI is InChI=1S/C14H13FN2O4S/c1-10-13(15)3-2-4-14(10)16-22(20,21)9-11-5-7-12(8-6-11)17(18)19/h2-8,16H,9H2,1H3. The quantitative estimate of drug-likeness (QED) is 0.676. The van der Waals surface area contributed by atoms with Crippen LogP contribution in [-0.2, 0) is 15.8 Å².